The van der Waals surface area contributed by atoms with E-state index in [-0.39, 0.29) is 18.0 Å². The van der Waals surface area contributed by atoms with Gasteiger partial charge >= 0.3 is 0 Å². The molecule has 0 saturated carbocycles. The maximum Gasteiger partial charge on any atom is 0.275 e. The lowest BCUT2D eigenvalue weighted by atomic mass is 10.1. The number of hydrogen-bond donors (Lipinski definition) is 0. The van der Waals surface area contributed by atoms with Crippen LogP contribution in [0.25, 0.3) is 10.9 Å². The molecule has 0 saturated heterocycles. The second-order valence-corrected chi connectivity index (χ2v) is 5.05. The van der Waals surface area contributed by atoms with Crippen LogP contribution < -0.4 is 0 Å². The summed E-state index contributed by atoms with van der Waals surface area (Å²) in [4.78, 5) is 10.6. The van der Waals surface area contributed by atoms with E-state index in [1.807, 2.05) is 4.57 Å². The summed E-state index contributed by atoms with van der Waals surface area (Å²) in [5, 5.41) is 12.2. The Hall–Kier alpha value is -2.40. The first-order chi connectivity index (χ1) is 10.1. The monoisotopic (exact) mass is 304 g/mol. The number of halogens is 2. The minimum atomic E-state index is -0.452. The average Bonchev–Trinajstić information content (AvgIpc) is 2.83. The van der Waals surface area contributed by atoms with E-state index in [4.69, 9.17) is 11.6 Å². The molecule has 1 aromatic heterocycles. The molecule has 6 heteroatoms. The second kappa shape index (κ2) is 5.18. The number of nitro benzene ring substituents is 1. The Labute approximate surface area is 124 Å². The molecule has 0 radical (unpaired) electrons. The van der Waals surface area contributed by atoms with Crippen LogP contribution in [0.2, 0.25) is 5.02 Å². The highest BCUT2D eigenvalue weighted by Gasteiger charge is 2.17. The van der Waals surface area contributed by atoms with E-state index < -0.39 is 4.92 Å². The Bertz CT molecular complexity index is 845. The molecule has 0 atom stereocenters. The van der Waals surface area contributed by atoms with Gasteiger partial charge in [-0.1, -0.05) is 17.7 Å². The minimum Gasteiger partial charge on any atom is -0.343 e. The van der Waals surface area contributed by atoms with E-state index in [1.165, 1.54) is 18.2 Å². The van der Waals surface area contributed by atoms with Crippen molar-refractivity contribution in [2.45, 2.75) is 6.54 Å². The van der Waals surface area contributed by atoms with E-state index in [0.29, 0.717) is 10.6 Å². The molecule has 0 fully saturated rings. The van der Waals surface area contributed by atoms with E-state index in [1.54, 1.807) is 30.5 Å². The van der Waals surface area contributed by atoms with Gasteiger partial charge in [-0.2, -0.15) is 0 Å². The van der Waals surface area contributed by atoms with Gasteiger partial charge in [0.05, 0.1) is 22.1 Å². The highest BCUT2D eigenvalue weighted by Crippen LogP contribution is 2.28. The number of nitro groups is 1. The van der Waals surface area contributed by atoms with E-state index in [2.05, 4.69) is 0 Å². The Morgan fingerprint density at radius 3 is 2.81 bits per heavy atom. The van der Waals surface area contributed by atoms with Crippen LogP contribution >= 0.6 is 11.6 Å². The molecular weight excluding hydrogens is 295 g/mol. The highest BCUT2D eigenvalue weighted by atomic mass is 35.5. The maximum atomic E-state index is 13.2. The van der Waals surface area contributed by atoms with E-state index >= 15 is 0 Å². The van der Waals surface area contributed by atoms with Crippen LogP contribution in [0.5, 0.6) is 0 Å². The lowest BCUT2D eigenvalue weighted by Crippen LogP contribution is -2.03. The molecule has 0 aliphatic carbocycles. The molecule has 2 aromatic carbocycles. The van der Waals surface area contributed by atoms with Crippen LogP contribution in [0, 0.1) is 15.9 Å². The molecule has 0 unspecified atom stereocenters. The molecule has 3 aromatic rings. The number of hydrogen-bond acceptors (Lipinski definition) is 2. The SMILES string of the molecule is O=[N+]([O-])c1cccc(Cl)c1Cn1ccc2cc(F)ccc21. The van der Waals surface area contributed by atoms with E-state index in [0.717, 1.165) is 10.9 Å². The summed E-state index contributed by atoms with van der Waals surface area (Å²) >= 11 is 6.09. The lowest BCUT2D eigenvalue weighted by Gasteiger charge is -2.08. The average molecular weight is 305 g/mol. The van der Waals surface area contributed by atoms with Crippen LogP contribution in [-0.2, 0) is 6.54 Å². The summed E-state index contributed by atoms with van der Waals surface area (Å²) in [5.74, 6) is -0.316. The largest absolute Gasteiger partial charge is 0.343 e. The summed E-state index contributed by atoms with van der Waals surface area (Å²) in [6.45, 7) is 0.255. The Morgan fingerprint density at radius 1 is 1.24 bits per heavy atom. The first kappa shape index (κ1) is 13.6. The van der Waals surface area contributed by atoms with Gasteiger partial charge in [0.15, 0.2) is 0 Å². The molecule has 21 heavy (non-hydrogen) atoms. The second-order valence-electron chi connectivity index (χ2n) is 4.64. The van der Waals surface area contributed by atoms with Gasteiger partial charge in [0, 0.05) is 23.2 Å². The van der Waals surface area contributed by atoms with Gasteiger partial charge in [-0.25, -0.2) is 4.39 Å². The van der Waals surface area contributed by atoms with E-state index in [9.17, 15) is 14.5 Å². The third-order valence-electron chi connectivity index (χ3n) is 3.35. The molecule has 0 aliphatic rings. The van der Waals surface area contributed by atoms with Crippen LogP contribution in [0.3, 0.4) is 0 Å². The summed E-state index contributed by atoms with van der Waals surface area (Å²) < 4.78 is 15.0. The predicted molar refractivity (Wildman–Crippen MR) is 79.1 cm³/mol. The maximum absolute atomic E-state index is 13.2. The van der Waals surface area contributed by atoms with Gasteiger partial charge in [0.2, 0.25) is 0 Å². The summed E-state index contributed by atoms with van der Waals surface area (Å²) in [7, 11) is 0. The molecule has 4 nitrogen and oxygen atoms in total. The first-order valence-corrected chi connectivity index (χ1v) is 6.60. The fourth-order valence-corrected chi connectivity index (χ4v) is 2.58. The third-order valence-corrected chi connectivity index (χ3v) is 3.71. The standard InChI is InChI=1S/C15H10ClFN2O2/c16-13-2-1-3-15(19(20)21)12(13)9-18-7-6-10-8-11(17)4-5-14(10)18/h1-8H,9H2. The molecule has 0 bridgehead atoms. The topological polar surface area (TPSA) is 48.1 Å². The Balaban J connectivity index is 2.09. The molecular formula is C15H10ClFN2O2. The van der Waals surface area contributed by atoms with Crippen molar-refractivity contribution < 1.29 is 9.31 Å². The van der Waals surface area contributed by atoms with Crippen molar-refractivity contribution in [2.24, 2.45) is 0 Å². The quantitative estimate of drug-likeness (QED) is 0.532. The number of fused-ring (bicyclic) bond motifs is 1. The van der Waals surface area contributed by atoms with Crippen LogP contribution in [0.15, 0.2) is 48.7 Å². The van der Waals surface area contributed by atoms with Crippen LogP contribution in [0.1, 0.15) is 5.56 Å². The van der Waals surface area contributed by atoms with Gasteiger partial charge in [-0.05, 0) is 30.3 Å². The van der Waals surface area contributed by atoms with Crippen LogP contribution in [0.4, 0.5) is 10.1 Å². The Kier molecular flexibility index (Phi) is 3.35. The zero-order valence-electron chi connectivity index (χ0n) is 10.8. The van der Waals surface area contributed by atoms with Crippen molar-refractivity contribution in [3.63, 3.8) is 0 Å². The van der Waals surface area contributed by atoms with Crippen LogP contribution in [-0.4, -0.2) is 9.49 Å². The zero-order valence-corrected chi connectivity index (χ0v) is 11.5. The number of rotatable bonds is 3. The fourth-order valence-electron chi connectivity index (χ4n) is 2.35. The van der Waals surface area contributed by atoms with Crippen molar-refractivity contribution in [3.05, 3.63) is 75.2 Å². The van der Waals surface area contributed by atoms with Gasteiger partial charge in [0.1, 0.15) is 5.82 Å². The normalized spacial score (nSPS) is 11.0. The molecule has 3 rings (SSSR count). The smallest absolute Gasteiger partial charge is 0.275 e. The molecule has 0 spiro atoms. The molecule has 1 heterocycles. The van der Waals surface area contributed by atoms with Gasteiger partial charge < -0.3 is 4.57 Å². The number of nitrogens with zero attached hydrogens (tertiary/aromatic N) is 2. The fraction of sp³-hybridized carbons (Fsp3) is 0.0667. The molecule has 0 amide bonds. The number of benzene rings is 2. The summed E-state index contributed by atoms with van der Waals surface area (Å²) in [5.41, 5.74) is 1.21. The van der Waals surface area contributed by atoms with Crippen molar-refractivity contribution in [1.82, 2.24) is 4.57 Å². The number of aromatic nitrogens is 1. The minimum absolute atomic E-state index is 0.0218. The lowest BCUT2D eigenvalue weighted by molar-refractivity contribution is -0.385. The molecule has 0 aliphatic heterocycles. The summed E-state index contributed by atoms with van der Waals surface area (Å²) in [6, 6.07) is 10.8. The predicted octanol–water partition coefficient (Wildman–Crippen LogP) is 4.39. The summed E-state index contributed by atoms with van der Waals surface area (Å²) in [6.07, 6.45) is 1.76. The van der Waals surface area contributed by atoms with Gasteiger partial charge in [-0.15, -0.1) is 0 Å². The van der Waals surface area contributed by atoms with Crippen molar-refractivity contribution in [3.8, 4) is 0 Å². The highest BCUT2D eigenvalue weighted by molar-refractivity contribution is 6.31. The molecule has 106 valence electrons. The van der Waals surface area contributed by atoms with Gasteiger partial charge in [0.25, 0.3) is 5.69 Å². The Morgan fingerprint density at radius 2 is 2.05 bits per heavy atom. The molecule has 0 N–H and O–H groups in total. The van der Waals surface area contributed by atoms with Crippen molar-refractivity contribution in [2.75, 3.05) is 0 Å². The first-order valence-electron chi connectivity index (χ1n) is 6.22. The zero-order chi connectivity index (χ0) is 15.0. The van der Waals surface area contributed by atoms with Gasteiger partial charge in [-0.3, -0.25) is 10.1 Å². The van der Waals surface area contributed by atoms with Crippen molar-refractivity contribution >= 4 is 28.2 Å². The third kappa shape index (κ3) is 2.48. The van der Waals surface area contributed by atoms with Crippen molar-refractivity contribution in [1.29, 1.82) is 0 Å².